The van der Waals surface area contributed by atoms with Crippen molar-refractivity contribution < 1.29 is 0 Å². The van der Waals surface area contributed by atoms with E-state index in [0.717, 1.165) is 17.8 Å². The van der Waals surface area contributed by atoms with E-state index in [-0.39, 0.29) is 0 Å². The van der Waals surface area contributed by atoms with E-state index in [1.165, 1.54) is 50.4 Å². The molecule has 6 aromatic rings. The number of hydrogen-bond donors (Lipinski definition) is 0. The highest BCUT2D eigenvalue weighted by molar-refractivity contribution is 5.93. The van der Waals surface area contributed by atoms with Gasteiger partial charge in [0, 0.05) is 35.4 Å². The molecule has 0 amide bonds. The van der Waals surface area contributed by atoms with Crippen LogP contribution in [0.1, 0.15) is 122 Å². The van der Waals surface area contributed by atoms with Gasteiger partial charge in [0.25, 0.3) is 0 Å². The second-order valence-electron chi connectivity index (χ2n) is 10.3. The van der Waals surface area contributed by atoms with Crippen LogP contribution in [0, 0.1) is 0 Å². The van der Waals surface area contributed by atoms with Crippen molar-refractivity contribution in [3.05, 3.63) is 163 Å². The van der Waals surface area contributed by atoms with Gasteiger partial charge in [-0.15, -0.1) is 0 Å². The molecule has 0 N–H and O–H groups in total. The zero-order valence-electron chi connectivity index (χ0n) is 38.5. The third kappa shape index (κ3) is 14.5. The second-order valence-corrected chi connectivity index (χ2v) is 10.3. The molecule has 0 spiro atoms. The maximum Gasteiger partial charge on any atom is 0.0543 e. The molecule has 0 aliphatic heterocycles. The van der Waals surface area contributed by atoms with Crippen LogP contribution in [0.25, 0.3) is 22.3 Å². The third-order valence-electron chi connectivity index (χ3n) is 7.91. The lowest BCUT2D eigenvalue weighted by Crippen LogP contribution is -2.11. The van der Waals surface area contributed by atoms with Gasteiger partial charge in [0.2, 0.25) is 0 Å². The minimum Gasteiger partial charge on any atom is -0.345 e. The molecule has 0 fully saturated rings. The van der Waals surface area contributed by atoms with Crippen LogP contribution in [-0.2, 0) is 6.42 Å². The standard InChI is InChI=1S/C38H30N2.8C2H6/c1-39(32-13-4-2-5-14-32)33-23-19-28(20-24-33)29-21-25-35(26-22-29)40(34-15-6-3-7-16-34)37-18-10-12-31-27-30-11-8-9-17-36(30)38(31)37;8*1-2/h2-26H,27H2,1H3;8*1-2H3. The smallest absolute Gasteiger partial charge is 0.0543 e. The fourth-order valence-electron chi connectivity index (χ4n) is 5.84. The number of para-hydroxylation sites is 2. The molecule has 1 aliphatic carbocycles. The van der Waals surface area contributed by atoms with Gasteiger partial charge in [-0.25, -0.2) is 0 Å². The minimum atomic E-state index is 0.983. The summed E-state index contributed by atoms with van der Waals surface area (Å²) in [7, 11) is 2.11. The van der Waals surface area contributed by atoms with Crippen LogP contribution < -0.4 is 9.80 Å². The summed E-state index contributed by atoms with van der Waals surface area (Å²) in [5.41, 5.74) is 13.7. The van der Waals surface area contributed by atoms with Crippen molar-refractivity contribution in [2.24, 2.45) is 0 Å². The number of nitrogens with zero attached hydrogens (tertiary/aromatic N) is 2. The number of fused-ring (bicyclic) bond motifs is 3. The highest BCUT2D eigenvalue weighted by Crippen LogP contribution is 2.47. The number of anilines is 5. The number of hydrogen-bond acceptors (Lipinski definition) is 2. The SMILES string of the molecule is CC.CC.CC.CC.CC.CC.CC.CC.CN(c1ccccc1)c1ccc(-c2ccc(N(c3ccccc3)c3cccc4c3-c3ccccc3C4)cc2)cc1. The molecule has 0 unspecified atom stereocenters. The first-order valence-corrected chi connectivity index (χ1v) is 21.8. The first kappa shape index (κ1) is 53.0. The minimum absolute atomic E-state index is 0.983. The lowest BCUT2D eigenvalue weighted by atomic mass is 10.0. The van der Waals surface area contributed by atoms with Crippen molar-refractivity contribution in [2.45, 2.75) is 117 Å². The van der Waals surface area contributed by atoms with Crippen molar-refractivity contribution in [2.75, 3.05) is 16.8 Å². The maximum atomic E-state index is 2.39. The van der Waals surface area contributed by atoms with Gasteiger partial charge in [-0.1, -0.05) is 208 Å². The molecule has 0 bridgehead atoms. The first-order chi connectivity index (χ1) is 27.8. The topological polar surface area (TPSA) is 6.48 Å². The van der Waals surface area contributed by atoms with Crippen LogP contribution in [0.15, 0.2) is 152 Å². The summed E-state index contributed by atoms with van der Waals surface area (Å²) in [6.07, 6.45) is 0.983. The monoisotopic (exact) mass is 755 g/mol. The van der Waals surface area contributed by atoms with Crippen LogP contribution in [0.4, 0.5) is 28.4 Å². The van der Waals surface area contributed by atoms with Crippen LogP contribution in [-0.4, -0.2) is 7.05 Å². The van der Waals surface area contributed by atoms with Gasteiger partial charge in [-0.05, 0) is 88.8 Å². The van der Waals surface area contributed by atoms with Crippen molar-refractivity contribution in [1.82, 2.24) is 0 Å². The summed E-state index contributed by atoms with van der Waals surface area (Å²) in [5.74, 6) is 0. The van der Waals surface area contributed by atoms with E-state index in [0.29, 0.717) is 0 Å². The Bertz CT molecular complexity index is 1760. The van der Waals surface area contributed by atoms with Gasteiger partial charge < -0.3 is 9.80 Å². The molecule has 0 saturated carbocycles. The predicted molar refractivity (Wildman–Crippen MR) is 260 cm³/mol. The van der Waals surface area contributed by atoms with E-state index in [4.69, 9.17) is 0 Å². The Morgan fingerprint density at radius 3 is 1.16 bits per heavy atom. The van der Waals surface area contributed by atoms with E-state index in [1.807, 2.05) is 117 Å². The van der Waals surface area contributed by atoms with Gasteiger partial charge in [0.05, 0.1) is 5.69 Å². The van der Waals surface area contributed by atoms with Crippen LogP contribution in [0.3, 0.4) is 0 Å². The summed E-state index contributed by atoms with van der Waals surface area (Å²) >= 11 is 0. The van der Waals surface area contributed by atoms with Gasteiger partial charge in [-0.3, -0.25) is 0 Å². The summed E-state index contributed by atoms with van der Waals surface area (Å²) in [6, 6.07) is 54.4. The Balaban J connectivity index is 0. The van der Waals surface area contributed by atoms with Crippen molar-refractivity contribution >= 4 is 28.4 Å². The van der Waals surface area contributed by atoms with Gasteiger partial charge in [0.15, 0.2) is 0 Å². The molecule has 0 saturated heterocycles. The maximum absolute atomic E-state index is 2.39. The Morgan fingerprint density at radius 2 is 0.679 bits per heavy atom. The lowest BCUT2D eigenvalue weighted by molar-refractivity contribution is 1.21. The van der Waals surface area contributed by atoms with E-state index < -0.39 is 0 Å². The molecule has 0 radical (unpaired) electrons. The average Bonchev–Trinajstić information content (AvgIpc) is 3.72. The Labute approximate surface area is 346 Å². The van der Waals surface area contributed by atoms with Crippen LogP contribution in [0.2, 0.25) is 0 Å². The molecule has 0 atom stereocenters. The largest absolute Gasteiger partial charge is 0.345 e. The zero-order chi connectivity index (χ0) is 42.9. The van der Waals surface area contributed by atoms with Gasteiger partial charge >= 0.3 is 0 Å². The van der Waals surface area contributed by atoms with E-state index in [9.17, 15) is 0 Å². The molecule has 7 rings (SSSR count). The highest BCUT2D eigenvalue weighted by Gasteiger charge is 2.25. The van der Waals surface area contributed by atoms with Crippen molar-refractivity contribution in [1.29, 1.82) is 0 Å². The molecule has 304 valence electrons. The molecule has 56 heavy (non-hydrogen) atoms. The molecule has 0 heterocycles. The van der Waals surface area contributed by atoms with Crippen LogP contribution >= 0.6 is 0 Å². The fraction of sp³-hybridized carbons (Fsp3) is 0.333. The highest BCUT2D eigenvalue weighted by atomic mass is 15.1. The second kappa shape index (κ2) is 33.3. The van der Waals surface area contributed by atoms with E-state index >= 15 is 0 Å². The third-order valence-corrected chi connectivity index (χ3v) is 7.91. The van der Waals surface area contributed by atoms with E-state index in [2.05, 4.69) is 162 Å². The average molecular weight is 755 g/mol. The summed E-state index contributed by atoms with van der Waals surface area (Å²) in [6.45, 7) is 32.0. The normalized spacial score (nSPS) is 9.09. The molecule has 0 aromatic heterocycles. The summed E-state index contributed by atoms with van der Waals surface area (Å²) < 4.78 is 0. The molecule has 1 aliphatic rings. The quantitative estimate of drug-likeness (QED) is 0.167. The van der Waals surface area contributed by atoms with E-state index in [1.54, 1.807) is 0 Å². The molecular formula is C54H78N2. The molecule has 2 nitrogen and oxygen atoms in total. The Hall–Kier alpha value is -5.08. The Kier molecular flexibility index (Phi) is 31.5. The van der Waals surface area contributed by atoms with Crippen LogP contribution in [0.5, 0.6) is 0 Å². The first-order valence-electron chi connectivity index (χ1n) is 21.8. The summed E-state index contributed by atoms with van der Waals surface area (Å²) in [4.78, 5) is 4.60. The number of rotatable bonds is 6. The number of benzene rings is 6. The van der Waals surface area contributed by atoms with Gasteiger partial charge in [-0.2, -0.15) is 0 Å². The lowest BCUT2D eigenvalue weighted by Gasteiger charge is -2.28. The fourth-order valence-corrected chi connectivity index (χ4v) is 5.84. The molecule has 2 heteroatoms. The van der Waals surface area contributed by atoms with Crippen molar-refractivity contribution in [3.63, 3.8) is 0 Å². The Morgan fingerprint density at radius 1 is 0.321 bits per heavy atom. The van der Waals surface area contributed by atoms with Crippen molar-refractivity contribution in [3.8, 4) is 22.3 Å². The molecular weight excluding hydrogens is 677 g/mol. The zero-order valence-corrected chi connectivity index (χ0v) is 38.5. The predicted octanol–water partition coefficient (Wildman–Crippen LogP) is 18.4. The summed E-state index contributed by atoms with van der Waals surface area (Å²) in [5, 5.41) is 0. The molecule has 6 aromatic carbocycles. The van der Waals surface area contributed by atoms with Gasteiger partial charge in [0.1, 0.15) is 0 Å².